The smallest absolute Gasteiger partial charge is 0.150 e. The molecule has 0 N–H and O–H groups in total. The highest BCUT2D eigenvalue weighted by Crippen LogP contribution is 2.31. The van der Waals surface area contributed by atoms with Crippen LogP contribution in [0.4, 0.5) is 4.39 Å². The largest absolute Gasteiger partial charge is 0.456 e. The summed E-state index contributed by atoms with van der Waals surface area (Å²) in [6.45, 7) is 1.95. The number of aryl methyl sites for hydroxylation is 1. The maximum atomic E-state index is 13.9. The monoisotopic (exact) mass is 254 g/mol. The van der Waals surface area contributed by atoms with E-state index in [0.717, 1.165) is 16.5 Å². The van der Waals surface area contributed by atoms with Crippen molar-refractivity contribution >= 4 is 17.3 Å². The van der Waals surface area contributed by atoms with Crippen molar-refractivity contribution in [1.82, 2.24) is 0 Å². The van der Waals surface area contributed by atoms with Crippen LogP contribution in [0.1, 0.15) is 15.9 Å². The first-order valence-corrected chi connectivity index (χ1v) is 5.93. The van der Waals surface area contributed by atoms with Gasteiger partial charge in [-0.15, -0.1) is 0 Å². The molecule has 0 bridgehead atoms. The van der Waals surface area contributed by atoms with E-state index < -0.39 is 5.82 Å². The Morgan fingerprint density at radius 1 is 1.16 bits per heavy atom. The third kappa shape index (κ3) is 1.93. The summed E-state index contributed by atoms with van der Waals surface area (Å²) in [5, 5.41) is 0.939. The Morgan fingerprint density at radius 2 is 2.00 bits per heavy atom. The molecule has 1 aromatic heterocycles. The Balaban J connectivity index is 2.19. The van der Waals surface area contributed by atoms with Gasteiger partial charge in [0.25, 0.3) is 0 Å². The summed E-state index contributed by atoms with van der Waals surface area (Å²) >= 11 is 0. The molecule has 1 heterocycles. The van der Waals surface area contributed by atoms with Gasteiger partial charge in [0.1, 0.15) is 23.4 Å². The Hall–Kier alpha value is -2.42. The molecular formula is C16H11FO2. The summed E-state index contributed by atoms with van der Waals surface area (Å²) in [5.74, 6) is 0.0144. The van der Waals surface area contributed by atoms with Crippen LogP contribution in [0.2, 0.25) is 0 Å². The molecule has 3 aromatic rings. The second-order valence-corrected chi connectivity index (χ2v) is 4.46. The van der Waals surface area contributed by atoms with E-state index in [1.165, 1.54) is 6.07 Å². The summed E-state index contributed by atoms with van der Waals surface area (Å²) < 4.78 is 19.6. The number of hydrogen-bond donors (Lipinski definition) is 0. The van der Waals surface area contributed by atoms with Gasteiger partial charge >= 0.3 is 0 Å². The fraction of sp³-hybridized carbons (Fsp3) is 0.0625. The molecule has 0 amide bonds. The van der Waals surface area contributed by atoms with Gasteiger partial charge in [0, 0.05) is 10.9 Å². The van der Waals surface area contributed by atoms with E-state index in [1.54, 1.807) is 18.2 Å². The number of hydrogen-bond acceptors (Lipinski definition) is 2. The molecule has 0 aliphatic heterocycles. The second kappa shape index (κ2) is 4.35. The Morgan fingerprint density at radius 3 is 2.68 bits per heavy atom. The van der Waals surface area contributed by atoms with Crippen LogP contribution in [-0.2, 0) is 0 Å². The van der Waals surface area contributed by atoms with E-state index in [2.05, 4.69) is 0 Å². The van der Waals surface area contributed by atoms with Crippen molar-refractivity contribution in [2.75, 3.05) is 0 Å². The van der Waals surface area contributed by atoms with Crippen molar-refractivity contribution in [3.05, 3.63) is 59.4 Å². The van der Waals surface area contributed by atoms with Gasteiger partial charge in [0.15, 0.2) is 0 Å². The SMILES string of the molecule is Cc1cccc2cc(-c3ccc(C=O)cc3F)oc12. The van der Waals surface area contributed by atoms with Crippen molar-refractivity contribution in [3.63, 3.8) is 0 Å². The Bertz CT molecular complexity index is 772. The number of rotatable bonds is 2. The van der Waals surface area contributed by atoms with E-state index >= 15 is 0 Å². The minimum atomic E-state index is -0.457. The maximum Gasteiger partial charge on any atom is 0.150 e. The molecule has 3 heteroatoms. The van der Waals surface area contributed by atoms with E-state index in [1.807, 2.05) is 25.1 Å². The molecule has 0 spiro atoms. The summed E-state index contributed by atoms with van der Waals surface area (Å²) in [7, 11) is 0. The molecule has 0 atom stereocenters. The molecule has 0 fully saturated rings. The number of fused-ring (bicyclic) bond motifs is 1. The molecule has 3 rings (SSSR count). The van der Waals surface area contributed by atoms with Gasteiger partial charge in [0.05, 0.1) is 5.56 Å². The standard InChI is InChI=1S/C16H11FO2/c1-10-3-2-4-12-8-15(19-16(10)12)13-6-5-11(9-18)7-14(13)17/h2-9H,1H3. The summed E-state index contributed by atoms with van der Waals surface area (Å²) in [6, 6.07) is 12.0. The van der Waals surface area contributed by atoms with Crippen molar-refractivity contribution in [3.8, 4) is 11.3 Å². The van der Waals surface area contributed by atoms with Gasteiger partial charge in [-0.2, -0.15) is 0 Å². The first-order valence-electron chi connectivity index (χ1n) is 5.93. The fourth-order valence-electron chi connectivity index (χ4n) is 2.15. The lowest BCUT2D eigenvalue weighted by Gasteiger charge is -1.99. The normalized spacial score (nSPS) is 10.8. The molecule has 0 saturated carbocycles. The van der Waals surface area contributed by atoms with Crippen LogP contribution in [0.25, 0.3) is 22.3 Å². The average Bonchev–Trinajstić information content (AvgIpc) is 2.83. The van der Waals surface area contributed by atoms with Gasteiger partial charge in [-0.25, -0.2) is 4.39 Å². The summed E-state index contributed by atoms with van der Waals surface area (Å²) in [6.07, 6.45) is 0.621. The first-order chi connectivity index (χ1) is 9.19. The average molecular weight is 254 g/mol. The minimum Gasteiger partial charge on any atom is -0.456 e. The van der Waals surface area contributed by atoms with E-state index in [4.69, 9.17) is 4.42 Å². The van der Waals surface area contributed by atoms with Crippen LogP contribution >= 0.6 is 0 Å². The highest BCUT2D eigenvalue weighted by Gasteiger charge is 2.12. The van der Waals surface area contributed by atoms with Crippen molar-refractivity contribution in [2.45, 2.75) is 6.92 Å². The highest BCUT2D eigenvalue weighted by molar-refractivity contribution is 5.85. The van der Waals surface area contributed by atoms with Crippen LogP contribution in [-0.4, -0.2) is 6.29 Å². The van der Waals surface area contributed by atoms with Crippen LogP contribution in [0, 0.1) is 12.7 Å². The van der Waals surface area contributed by atoms with E-state index in [-0.39, 0.29) is 0 Å². The Labute approximate surface area is 109 Å². The lowest BCUT2D eigenvalue weighted by atomic mass is 10.1. The number of carbonyl (C=O) groups is 1. The van der Waals surface area contributed by atoms with Gasteiger partial charge in [0.2, 0.25) is 0 Å². The zero-order valence-corrected chi connectivity index (χ0v) is 10.3. The predicted molar refractivity (Wildman–Crippen MR) is 71.7 cm³/mol. The van der Waals surface area contributed by atoms with E-state index in [0.29, 0.717) is 23.2 Å². The van der Waals surface area contributed by atoms with Crippen LogP contribution in [0.15, 0.2) is 46.9 Å². The molecule has 0 aliphatic rings. The quantitative estimate of drug-likeness (QED) is 0.636. The number of para-hydroxylation sites is 1. The number of aldehydes is 1. The molecule has 2 nitrogen and oxygen atoms in total. The third-order valence-corrected chi connectivity index (χ3v) is 3.14. The minimum absolute atomic E-state index is 0.313. The predicted octanol–water partition coefficient (Wildman–Crippen LogP) is 4.36. The topological polar surface area (TPSA) is 30.2 Å². The molecule has 2 aromatic carbocycles. The molecule has 0 saturated heterocycles. The maximum absolute atomic E-state index is 13.9. The molecule has 19 heavy (non-hydrogen) atoms. The van der Waals surface area contributed by atoms with E-state index in [9.17, 15) is 9.18 Å². The van der Waals surface area contributed by atoms with Crippen LogP contribution in [0.5, 0.6) is 0 Å². The first kappa shape index (κ1) is 11.7. The number of benzene rings is 2. The lowest BCUT2D eigenvalue weighted by Crippen LogP contribution is -1.86. The van der Waals surface area contributed by atoms with Crippen molar-refractivity contribution in [2.24, 2.45) is 0 Å². The van der Waals surface area contributed by atoms with Gasteiger partial charge in [-0.1, -0.05) is 24.3 Å². The van der Waals surface area contributed by atoms with Crippen LogP contribution < -0.4 is 0 Å². The summed E-state index contributed by atoms with van der Waals surface area (Å²) in [4.78, 5) is 10.6. The molecule has 94 valence electrons. The number of halogens is 1. The number of carbonyl (C=O) groups excluding carboxylic acids is 1. The molecule has 0 aliphatic carbocycles. The van der Waals surface area contributed by atoms with Crippen molar-refractivity contribution in [1.29, 1.82) is 0 Å². The zero-order chi connectivity index (χ0) is 13.4. The summed E-state index contributed by atoms with van der Waals surface area (Å²) in [5.41, 5.74) is 2.44. The third-order valence-electron chi connectivity index (χ3n) is 3.14. The molecule has 0 unspecified atom stereocenters. The van der Waals surface area contributed by atoms with Gasteiger partial charge < -0.3 is 4.42 Å². The number of furan rings is 1. The zero-order valence-electron chi connectivity index (χ0n) is 10.3. The van der Waals surface area contributed by atoms with Crippen molar-refractivity contribution < 1.29 is 13.6 Å². The van der Waals surface area contributed by atoms with Crippen LogP contribution in [0.3, 0.4) is 0 Å². The van der Waals surface area contributed by atoms with Gasteiger partial charge in [-0.3, -0.25) is 4.79 Å². The lowest BCUT2D eigenvalue weighted by molar-refractivity contribution is 0.112. The second-order valence-electron chi connectivity index (χ2n) is 4.46. The van der Waals surface area contributed by atoms with Gasteiger partial charge in [-0.05, 0) is 30.7 Å². The molecular weight excluding hydrogens is 243 g/mol. The molecule has 0 radical (unpaired) electrons. The highest BCUT2D eigenvalue weighted by atomic mass is 19.1. The fourth-order valence-corrected chi connectivity index (χ4v) is 2.15. The Kier molecular flexibility index (Phi) is 2.67.